The van der Waals surface area contributed by atoms with Crippen molar-refractivity contribution in [2.24, 2.45) is 0 Å². The molecule has 0 aromatic rings. The number of hydrogen-bond acceptors (Lipinski definition) is 3. The molecule has 43 heavy (non-hydrogen) atoms. The van der Waals surface area contributed by atoms with Crippen LogP contribution < -0.4 is 0 Å². The van der Waals surface area contributed by atoms with Crippen LogP contribution in [-0.2, 0) is 23.6 Å². The van der Waals surface area contributed by atoms with Gasteiger partial charge in [-0.15, -0.1) is 0 Å². The summed E-state index contributed by atoms with van der Waals surface area (Å²) in [6.07, 6.45) is 26.2. The standard InChI is InChI=1S/C36H69N3P2S2/c1-5-37(6-2)40(42)32-26-20-14-9-12-18-24-30(32)39-31-25-19-13-10-15-21-27-33(31)41(43,38(7-3)8-4)35-29-23-17-11-16-22-28-34(40)36(35)39/h30-36H,5-29H2,1-4H3. The highest BCUT2D eigenvalue weighted by atomic mass is 32.4. The van der Waals surface area contributed by atoms with E-state index in [4.69, 9.17) is 23.6 Å². The van der Waals surface area contributed by atoms with Crippen LogP contribution in [0.5, 0.6) is 0 Å². The minimum atomic E-state index is -1.79. The van der Waals surface area contributed by atoms with Crippen molar-refractivity contribution in [1.29, 1.82) is 0 Å². The summed E-state index contributed by atoms with van der Waals surface area (Å²) in [5.41, 5.74) is 2.86. The zero-order chi connectivity index (χ0) is 30.5. The molecule has 0 aromatic heterocycles. The van der Waals surface area contributed by atoms with Crippen LogP contribution in [0.1, 0.15) is 163 Å². The predicted molar refractivity (Wildman–Crippen MR) is 200 cm³/mol. The summed E-state index contributed by atoms with van der Waals surface area (Å²) in [6, 6.07) is 2.08. The van der Waals surface area contributed by atoms with E-state index in [1.165, 1.54) is 135 Å². The van der Waals surface area contributed by atoms with Gasteiger partial charge in [0.2, 0.25) is 0 Å². The monoisotopic (exact) mass is 669 g/mol. The molecule has 0 aromatic carbocycles. The molecule has 0 amide bonds. The number of rotatable bonds is 6. The van der Waals surface area contributed by atoms with Gasteiger partial charge in [0.1, 0.15) is 0 Å². The largest absolute Gasteiger partial charge is 0.292 e. The van der Waals surface area contributed by atoms with Gasteiger partial charge in [-0.3, -0.25) is 14.2 Å². The Bertz CT molecular complexity index is 881. The van der Waals surface area contributed by atoms with E-state index in [0.29, 0.717) is 29.4 Å². The van der Waals surface area contributed by atoms with Crippen molar-refractivity contribution in [2.75, 3.05) is 26.2 Å². The summed E-state index contributed by atoms with van der Waals surface area (Å²) in [4.78, 5) is 3.38. The fraction of sp³-hybridized carbons (Fsp3) is 1.00. The summed E-state index contributed by atoms with van der Waals surface area (Å²) in [6.45, 7) is 14.4. The van der Waals surface area contributed by atoms with Gasteiger partial charge >= 0.3 is 0 Å². The molecule has 0 bridgehead atoms. The molecule has 5 rings (SSSR count). The van der Waals surface area contributed by atoms with Gasteiger partial charge < -0.3 is 0 Å². The average molecular weight is 670 g/mol. The Labute approximate surface area is 278 Å². The zero-order valence-corrected chi connectivity index (χ0v) is 32.2. The first kappa shape index (κ1) is 35.5. The lowest BCUT2D eigenvalue weighted by Crippen LogP contribution is -2.72. The van der Waals surface area contributed by atoms with Crippen LogP contribution in [0.4, 0.5) is 0 Å². The molecule has 2 heterocycles. The summed E-state index contributed by atoms with van der Waals surface area (Å²) >= 11 is 14.9. The van der Waals surface area contributed by atoms with Crippen molar-refractivity contribution in [3.8, 4) is 0 Å². The van der Waals surface area contributed by atoms with Crippen LogP contribution in [0.3, 0.4) is 0 Å². The summed E-state index contributed by atoms with van der Waals surface area (Å²) < 4.78 is 5.89. The molecular formula is C36H69N3P2S2. The lowest BCUT2D eigenvalue weighted by atomic mass is 9.87. The molecule has 250 valence electrons. The number of nitrogens with zero attached hydrogens (tertiary/aromatic N) is 3. The molecule has 7 heteroatoms. The second kappa shape index (κ2) is 16.5. The Morgan fingerprint density at radius 1 is 0.442 bits per heavy atom. The van der Waals surface area contributed by atoms with Crippen molar-refractivity contribution in [1.82, 2.24) is 14.2 Å². The molecule has 5 aliphatic rings. The maximum absolute atomic E-state index is 7.47. The molecule has 2 saturated heterocycles. The van der Waals surface area contributed by atoms with E-state index in [0.717, 1.165) is 37.5 Å². The van der Waals surface area contributed by atoms with E-state index >= 15 is 0 Å². The first-order valence-electron chi connectivity index (χ1n) is 19.4. The van der Waals surface area contributed by atoms with Crippen LogP contribution in [0.2, 0.25) is 0 Å². The topological polar surface area (TPSA) is 9.72 Å². The van der Waals surface area contributed by atoms with Crippen LogP contribution in [0.25, 0.3) is 0 Å². The maximum Gasteiger partial charge on any atom is 0.0275 e. The van der Waals surface area contributed by atoms with E-state index < -0.39 is 12.4 Å². The van der Waals surface area contributed by atoms with Gasteiger partial charge in [0.05, 0.1) is 0 Å². The highest BCUT2D eigenvalue weighted by Gasteiger charge is 2.64. The van der Waals surface area contributed by atoms with E-state index in [1.54, 1.807) is 0 Å². The SMILES string of the molecule is CCN(CC)P1(=S)C2CCCCCCCC2N2C3CCCCCCCC3P(=S)(N(CC)CC)C3CCCCCCCC1C32. The van der Waals surface area contributed by atoms with Crippen molar-refractivity contribution in [3.05, 3.63) is 0 Å². The van der Waals surface area contributed by atoms with Gasteiger partial charge in [-0.05, 0) is 64.7 Å². The van der Waals surface area contributed by atoms with Gasteiger partial charge in [-0.25, -0.2) is 0 Å². The molecule has 8 atom stereocenters. The Hall–Kier alpha value is 1.18. The minimum Gasteiger partial charge on any atom is -0.292 e. The summed E-state index contributed by atoms with van der Waals surface area (Å²) in [5, 5.41) is 0. The van der Waals surface area contributed by atoms with Crippen molar-refractivity contribution < 1.29 is 0 Å². The van der Waals surface area contributed by atoms with E-state index in [2.05, 4.69) is 41.9 Å². The third-order valence-electron chi connectivity index (χ3n) is 13.0. The van der Waals surface area contributed by atoms with Crippen LogP contribution in [0, 0.1) is 0 Å². The van der Waals surface area contributed by atoms with E-state index in [9.17, 15) is 0 Å². The molecule has 3 aliphatic carbocycles. The summed E-state index contributed by atoms with van der Waals surface area (Å²) in [5.74, 6) is 0. The molecule has 2 aliphatic heterocycles. The molecule has 0 spiro atoms. The van der Waals surface area contributed by atoms with Crippen LogP contribution in [0.15, 0.2) is 0 Å². The van der Waals surface area contributed by atoms with E-state index in [1.807, 2.05) is 0 Å². The summed E-state index contributed by atoms with van der Waals surface area (Å²) in [7, 11) is 0. The Kier molecular flexibility index (Phi) is 13.6. The lowest BCUT2D eigenvalue weighted by Gasteiger charge is -2.68. The highest BCUT2D eigenvalue weighted by molar-refractivity contribution is 8.15. The Balaban J connectivity index is 1.76. The second-order valence-electron chi connectivity index (χ2n) is 15.0. The van der Waals surface area contributed by atoms with Gasteiger partial charge in [0.25, 0.3) is 0 Å². The molecule has 0 N–H and O–H groups in total. The molecule has 0 radical (unpaired) electrons. The lowest BCUT2D eigenvalue weighted by molar-refractivity contribution is 0.0254. The molecule has 8 unspecified atom stereocenters. The van der Waals surface area contributed by atoms with Crippen LogP contribution in [-0.4, -0.2) is 81.2 Å². The zero-order valence-electron chi connectivity index (χ0n) is 28.8. The van der Waals surface area contributed by atoms with Crippen molar-refractivity contribution in [2.45, 2.75) is 203 Å². The first-order valence-corrected chi connectivity index (χ1v) is 25.2. The maximum atomic E-state index is 7.47. The first-order chi connectivity index (χ1) is 21.0. The Morgan fingerprint density at radius 3 is 1.05 bits per heavy atom. The van der Waals surface area contributed by atoms with Gasteiger partial charge in [0, 0.05) is 53.1 Å². The Morgan fingerprint density at radius 2 is 0.721 bits per heavy atom. The minimum absolute atomic E-state index is 0.653. The third kappa shape index (κ3) is 6.88. The highest BCUT2D eigenvalue weighted by Crippen LogP contribution is 2.75. The molecule has 3 saturated carbocycles. The van der Waals surface area contributed by atoms with Gasteiger partial charge in [0.15, 0.2) is 0 Å². The quantitative estimate of drug-likeness (QED) is 0.260. The fourth-order valence-corrected chi connectivity index (χ4v) is 25.4. The molecule has 3 nitrogen and oxygen atoms in total. The average Bonchev–Trinajstić information content (AvgIpc) is 3.22. The fourth-order valence-electron chi connectivity index (χ4n) is 11.2. The van der Waals surface area contributed by atoms with Crippen molar-refractivity contribution >= 4 is 36.0 Å². The predicted octanol–water partition coefficient (Wildman–Crippen LogP) is 10.6. The van der Waals surface area contributed by atoms with Gasteiger partial charge in [-0.1, -0.05) is 148 Å². The number of fused-ring (bicyclic) bond motifs is 4. The van der Waals surface area contributed by atoms with Gasteiger partial charge in [-0.2, -0.15) is 0 Å². The van der Waals surface area contributed by atoms with E-state index in [-0.39, 0.29) is 0 Å². The van der Waals surface area contributed by atoms with Crippen LogP contribution >= 0.6 is 12.4 Å². The molecular weight excluding hydrogens is 600 g/mol. The normalized spacial score (nSPS) is 42.2. The molecule has 5 fully saturated rings. The number of hydrogen-bond donors (Lipinski definition) is 0. The smallest absolute Gasteiger partial charge is 0.0275 e. The second-order valence-corrected chi connectivity index (χ2v) is 25.0. The third-order valence-corrected chi connectivity index (χ3v) is 26.7. The van der Waals surface area contributed by atoms with Crippen molar-refractivity contribution in [3.63, 3.8) is 0 Å².